The molecule has 246 valence electrons. The molecule has 11 heteroatoms. The molecular formula is C33H53N5O6. The van der Waals surface area contributed by atoms with Crippen LogP contribution in [0, 0.1) is 6.92 Å². The number of aryl methyl sites for hydroxylation is 1. The number of nitrogens with one attached hydrogen (secondary N) is 3. The first-order valence-electron chi connectivity index (χ1n) is 15.9. The van der Waals surface area contributed by atoms with E-state index in [-0.39, 0.29) is 31.4 Å². The zero-order chi connectivity index (χ0) is 32.9. The summed E-state index contributed by atoms with van der Waals surface area (Å²) in [7, 11) is 1.67. The van der Waals surface area contributed by atoms with Gasteiger partial charge in [0, 0.05) is 31.0 Å². The van der Waals surface area contributed by atoms with Crippen LogP contribution in [0.4, 0.5) is 0 Å². The molecule has 0 aliphatic carbocycles. The summed E-state index contributed by atoms with van der Waals surface area (Å²) in [6.45, 7) is 10.5. The normalized spacial score (nSPS) is 16.6. The number of fused-ring (bicyclic) bond motifs is 2. The highest BCUT2D eigenvalue weighted by Crippen LogP contribution is 2.19. The Morgan fingerprint density at radius 1 is 0.886 bits per heavy atom. The molecule has 44 heavy (non-hydrogen) atoms. The molecule has 1 aromatic heterocycles. The molecule has 1 unspecified atom stereocenters. The first kappa shape index (κ1) is 38.1. The lowest BCUT2D eigenvalue weighted by Gasteiger charge is -2.24. The van der Waals surface area contributed by atoms with E-state index in [9.17, 15) is 24.0 Å². The van der Waals surface area contributed by atoms with Gasteiger partial charge in [-0.15, -0.1) is 0 Å². The lowest BCUT2D eigenvalue weighted by Crippen LogP contribution is -2.52. The molecule has 11 nitrogen and oxygen atoms in total. The zero-order valence-electron chi connectivity index (χ0n) is 27.5. The van der Waals surface area contributed by atoms with Crippen LogP contribution in [0.1, 0.15) is 91.0 Å². The van der Waals surface area contributed by atoms with Gasteiger partial charge in [0.05, 0.1) is 25.2 Å². The summed E-state index contributed by atoms with van der Waals surface area (Å²) in [5.41, 5.74) is 2.37. The fourth-order valence-corrected chi connectivity index (χ4v) is 4.42. The molecule has 0 radical (unpaired) electrons. The first-order valence-corrected chi connectivity index (χ1v) is 15.9. The number of aromatic nitrogens is 1. The van der Waals surface area contributed by atoms with Crippen LogP contribution in [-0.4, -0.2) is 78.4 Å². The van der Waals surface area contributed by atoms with E-state index >= 15 is 0 Å². The van der Waals surface area contributed by atoms with Crippen molar-refractivity contribution in [2.24, 2.45) is 0 Å². The first-order chi connectivity index (χ1) is 21.1. The van der Waals surface area contributed by atoms with Crippen molar-refractivity contribution in [3.05, 3.63) is 36.0 Å². The number of nitrogens with zero attached hydrogens (tertiary/aromatic N) is 2. The van der Waals surface area contributed by atoms with Gasteiger partial charge in [0.15, 0.2) is 0 Å². The molecule has 2 aromatic rings. The largest absolute Gasteiger partial charge is 0.417 e. The molecule has 3 N–H and O–H groups in total. The number of carbonyl (C=O) groups is 5. The van der Waals surface area contributed by atoms with Crippen LogP contribution >= 0.6 is 0 Å². The van der Waals surface area contributed by atoms with Gasteiger partial charge in [-0.05, 0) is 37.8 Å². The van der Waals surface area contributed by atoms with Crippen LogP contribution in [0.25, 0.3) is 10.9 Å². The van der Waals surface area contributed by atoms with E-state index in [0.717, 1.165) is 24.8 Å². The molecule has 0 spiro atoms. The molecule has 3 heterocycles. The average Bonchev–Trinajstić information content (AvgIpc) is 3.67. The molecule has 4 rings (SSSR count). The van der Waals surface area contributed by atoms with Crippen LogP contribution in [0.15, 0.2) is 30.5 Å². The number of unbranched alkanes of at least 4 members (excludes halogenated alkanes) is 3. The summed E-state index contributed by atoms with van der Waals surface area (Å²) < 4.78 is 1.78. The minimum Gasteiger partial charge on any atom is -0.417 e. The Morgan fingerprint density at radius 3 is 2.14 bits per heavy atom. The number of hydrogen-bond acceptors (Lipinski definition) is 6. The quantitative estimate of drug-likeness (QED) is 0.406. The molecule has 2 aliphatic rings. The van der Waals surface area contributed by atoms with E-state index < -0.39 is 17.9 Å². The maximum Gasteiger partial charge on any atom is 0.243 e. The van der Waals surface area contributed by atoms with E-state index in [2.05, 4.69) is 49.7 Å². The van der Waals surface area contributed by atoms with Crippen molar-refractivity contribution >= 4 is 40.3 Å². The Balaban J connectivity index is 0.000000332. The topological polar surface area (TPSA) is 139 Å². The second-order valence-corrected chi connectivity index (χ2v) is 10.7. The SMILES string of the molecule is CCCC.CCCCCC(=O)CC.COn1cc(C)c2ccccc21.O=C1CNC(=O)CNC(=O)C2CCCN2C(=O)CN1. The zero-order valence-corrected chi connectivity index (χ0v) is 27.5. The second-order valence-electron chi connectivity index (χ2n) is 10.7. The summed E-state index contributed by atoms with van der Waals surface area (Å²) in [6.07, 6.45) is 10.9. The Kier molecular flexibility index (Phi) is 18.8. The number of carbonyl (C=O) groups excluding carboxylic acids is 5. The number of rotatable bonds is 7. The number of para-hydroxylation sites is 1. The molecule has 1 atom stereocenters. The van der Waals surface area contributed by atoms with E-state index in [4.69, 9.17) is 4.84 Å². The summed E-state index contributed by atoms with van der Waals surface area (Å²) in [6, 6.07) is 7.65. The number of benzene rings is 1. The third-order valence-electron chi connectivity index (χ3n) is 7.21. The third-order valence-corrected chi connectivity index (χ3v) is 7.21. The molecule has 2 saturated heterocycles. The minimum absolute atomic E-state index is 0.154. The Bertz CT molecular complexity index is 1150. The fourth-order valence-electron chi connectivity index (χ4n) is 4.42. The predicted octanol–water partition coefficient (Wildman–Crippen LogP) is 3.70. The number of hydrogen-bond donors (Lipinski definition) is 3. The monoisotopic (exact) mass is 615 g/mol. The number of Topliss-reactive ketones (excluding diaryl/α,β-unsaturated/α-hetero) is 1. The summed E-state index contributed by atoms with van der Waals surface area (Å²) in [5.74, 6) is -1.06. The van der Waals surface area contributed by atoms with Crippen molar-refractivity contribution in [2.75, 3.05) is 33.3 Å². The van der Waals surface area contributed by atoms with Gasteiger partial charge in [-0.1, -0.05) is 71.6 Å². The smallest absolute Gasteiger partial charge is 0.243 e. The average molecular weight is 616 g/mol. The molecular weight excluding hydrogens is 562 g/mol. The molecule has 0 saturated carbocycles. The van der Waals surface area contributed by atoms with Crippen LogP contribution in [-0.2, 0) is 24.0 Å². The maximum atomic E-state index is 11.9. The van der Waals surface area contributed by atoms with Gasteiger partial charge in [0.2, 0.25) is 23.6 Å². The van der Waals surface area contributed by atoms with Crippen molar-refractivity contribution in [1.29, 1.82) is 0 Å². The third kappa shape index (κ3) is 13.6. The predicted molar refractivity (Wildman–Crippen MR) is 173 cm³/mol. The highest BCUT2D eigenvalue weighted by molar-refractivity contribution is 5.94. The van der Waals surface area contributed by atoms with Crippen molar-refractivity contribution < 1.29 is 28.8 Å². The molecule has 0 bridgehead atoms. The molecule has 1 aromatic carbocycles. The van der Waals surface area contributed by atoms with Crippen molar-refractivity contribution in [3.8, 4) is 0 Å². The van der Waals surface area contributed by atoms with Gasteiger partial charge in [-0.2, -0.15) is 4.73 Å². The van der Waals surface area contributed by atoms with Gasteiger partial charge < -0.3 is 25.7 Å². The minimum atomic E-state index is -0.545. The Morgan fingerprint density at radius 2 is 1.52 bits per heavy atom. The summed E-state index contributed by atoms with van der Waals surface area (Å²) >= 11 is 0. The standard InChI is InChI=1S/C11H16N4O4.C10H11NO.C8H16O.C4H10/c16-8-4-12-9(17)5-14-11(19)7-2-1-3-15(7)10(18)6-13-8;1-8-7-11(12-2)10-6-4-3-5-9(8)10;1-3-5-6-7-8(9)4-2;1-3-4-2/h7H,1-6H2,(H,12,17)(H,13,16)(H,14,19);3-7H,1-2H3;3-7H2,1-2H3;3-4H2,1-2H3. The van der Waals surface area contributed by atoms with Crippen molar-refractivity contribution in [2.45, 2.75) is 98.4 Å². The molecule has 4 amide bonds. The van der Waals surface area contributed by atoms with E-state index in [1.165, 1.54) is 41.5 Å². The van der Waals surface area contributed by atoms with Crippen molar-refractivity contribution in [3.63, 3.8) is 0 Å². The van der Waals surface area contributed by atoms with Gasteiger partial charge in [0.25, 0.3) is 0 Å². The fraction of sp³-hybridized carbons (Fsp3) is 0.606. The van der Waals surface area contributed by atoms with Crippen LogP contribution in [0.2, 0.25) is 0 Å². The Hall–Kier alpha value is -3.89. The lowest BCUT2D eigenvalue weighted by molar-refractivity contribution is -0.139. The highest BCUT2D eigenvalue weighted by Gasteiger charge is 2.34. The maximum absolute atomic E-state index is 11.9. The lowest BCUT2D eigenvalue weighted by atomic mass is 10.1. The number of amides is 4. The van der Waals surface area contributed by atoms with Gasteiger partial charge >= 0.3 is 0 Å². The van der Waals surface area contributed by atoms with Crippen LogP contribution in [0.5, 0.6) is 0 Å². The van der Waals surface area contributed by atoms with Crippen molar-refractivity contribution in [1.82, 2.24) is 25.6 Å². The second kappa shape index (κ2) is 21.7. The summed E-state index contributed by atoms with van der Waals surface area (Å²) in [5, 5.41) is 8.51. The van der Waals surface area contributed by atoms with Gasteiger partial charge in [0.1, 0.15) is 18.9 Å². The van der Waals surface area contributed by atoms with E-state index in [1.54, 1.807) is 11.8 Å². The van der Waals surface area contributed by atoms with E-state index in [0.29, 0.717) is 25.2 Å². The highest BCUT2D eigenvalue weighted by atomic mass is 16.6. The van der Waals surface area contributed by atoms with E-state index in [1.807, 2.05) is 31.3 Å². The number of ketones is 1. The van der Waals surface area contributed by atoms with Crippen LogP contribution in [0.3, 0.4) is 0 Å². The van der Waals surface area contributed by atoms with Crippen LogP contribution < -0.4 is 20.8 Å². The Labute approximate surface area is 262 Å². The van der Waals surface area contributed by atoms with Gasteiger partial charge in [-0.25, -0.2) is 0 Å². The molecule has 2 aliphatic heterocycles. The summed E-state index contributed by atoms with van der Waals surface area (Å²) in [4.78, 5) is 63.8. The molecule has 2 fully saturated rings. The van der Waals surface area contributed by atoms with Gasteiger partial charge in [-0.3, -0.25) is 24.0 Å².